The van der Waals surface area contributed by atoms with E-state index < -0.39 is 11.9 Å². The van der Waals surface area contributed by atoms with Crippen LogP contribution >= 0.6 is 0 Å². The van der Waals surface area contributed by atoms with E-state index in [1.165, 1.54) is 50.8 Å². The number of benzene rings is 2. The fourth-order valence-electron chi connectivity index (χ4n) is 4.24. The zero-order valence-corrected chi connectivity index (χ0v) is 19.3. The van der Waals surface area contributed by atoms with E-state index in [4.69, 9.17) is 14.3 Å². The first-order chi connectivity index (χ1) is 16.0. The van der Waals surface area contributed by atoms with Crippen molar-refractivity contribution in [3.63, 3.8) is 0 Å². The van der Waals surface area contributed by atoms with Crippen LogP contribution in [0.25, 0.3) is 0 Å². The molecule has 2 aromatic rings. The first-order valence-corrected chi connectivity index (χ1v) is 11.3. The molecule has 7 heteroatoms. The summed E-state index contributed by atoms with van der Waals surface area (Å²) in [4.78, 5) is 30.3. The predicted molar refractivity (Wildman–Crippen MR) is 124 cm³/mol. The second-order valence-corrected chi connectivity index (χ2v) is 8.75. The Balaban J connectivity index is 1.47. The number of hydrogen-bond acceptors (Lipinski definition) is 6. The quantitative estimate of drug-likeness (QED) is 0.236. The molecule has 174 valence electrons. The number of amides is 1. The van der Waals surface area contributed by atoms with Crippen molar-refractivity contribution in [2.75, 3.05) is 20.9 Å². The van der Waals surface area contributed by atoms with Crippen molar-refractivity contribution in [1.29, 1.82) is 0 Å². The van der Waals surface area contributed by atoms with Gasteiger partial charge in [0.25, 0.3) is 5.91 Å². The molecule has 0 spiro atoms. The summed E-state index contributed by atoms with van der Waals surface area (Å²) in [7, 11) is 2.92. The molecule has 2 aromatic carbocycles. The van der Waals surface area contributed by atoms with Crippen LogP contribution in [0.4, 0.5) is 0 Å². The number of hydrogen-bond donors (Lipinski definition) is 0. The van der Waals surface area contributed by atoms with Gasteiger partial charge >= 0.3 is 5.97 Å². The van der Waals surface area contributed by atoms with E-state index in [2.05, 4.69) is 17.3 Å². The molecule has 2 aliphatic rings. The van der Waals surface area contributed by atoms with E-state index in [-0.39, 0.29) is 19.0 Å². The normalized spacial score (nSPS) is 19.5. The lowest BCUT2D eigenvalue weighted by Crippen LogP contribution is -2.36. The summed E-state index contributed by atoms with van der Waals surface area (Å²) in [5, 5.41) is 3.96. The minimum Gasteiger partial charge on any atom is -0.489 e. The molecular weight excluding hydrogens is 420 g/mol. The maximum absolute atomic E-state index is 13.0. The monoisotopic (exact) mass is 450 g/mol. The van der Waals surface area contributed by atoms with Gasteiger partial charge in [-0.25, -0.2) is 0 Å². The third kappa shape index (κ3) is 5.72. The SMILES string of the molecule is CON=C(C(=O)N(C)COC(C)=O)c1ccccc1COc1cccc(C2CC2C2CC2)c1. The summed E-state index contributed by atoms with van der Waals surface area (Å²) in [6, 6.07) is 15.7. The number of esters is 1. The van der Waals surface area contributed by atoms with Crippen molar-refractivity contribution in [2.45, 2.75) is 38.7 Å². The number of carbonyl (C=O) groups excluding carboxylic acids is 2. The molecule has 7 nitrogen and oxygen atoms in total. The highest BCUT2D eigenvalue weighted by atomic mass is 16.6. The summed E-state index contributed by atoms with van der Waals surface area (Å²) < 4.78 is 11.1. The summed E-state index contributed by atoms with van der Waals surface area (Å²) in [6.07, 6.45) is 4.05. The van der Waals surface area contributed by atoms with Gasteiger partial charge < -0.3 is 19.2 Å². The van der Waals surface area contributed by atoms with E-state index in [0.29, 0.717) is 11.5 Å². The highest BCUT2D eigenvalue weighted by molar-refractivity contribution is 6.45. The van der Waals surface area contributed by atoms with Gasteiger partial charge in [-0.1, -0.05) is 41.6 Å². The van der Waals surface area contributed by atoms with Crippen LogP contribution in [-0.2, 0) is 25.8 Å². The number of rotatable bonds is 10. The van der Waals surface area contributed by atoms with Gasteiger partial charge in [0.1, 0.15) is 19.5 Å². The standard InChI is InChI=1S/C26H30N2O5/c1-17(29)33-16-28(2)26(30)25(27-31-3)22-10-5-4-7-20(22)15-32-21-9-6-8-19(13-21)24-14-23(24)18-11-12-18/h4-10,13,18,23-24H,11-12,14-16H2,1-3H3. The van der Waals surface area contributed by atoms with Crippen LogP contribution in [0, 0.1) is 11.8 Å². The number of likely N-dealkylation sites (N-methyl/N-ethyl adjacent to an activating group) is 1. The van der Waals surface area contributed by atoms with Crippen LogP contribution in [0.1, 0.15) is 48.8 Å². The molecule has 1 amide bonds. The molecule has 2 fully saturated rings. The molecule has 0 aromatic heterocycles. The summed E-state index contributed by atoms with van der Waals surface area (Å²) >= 11 is 0. The second-order valence-electron chi connectivity index (χ2n) is 8.75. The van der Waals surface area contributed by atoms with Crippen LogP contribution in [0.3, 0.4) is 0 Å². The van der Waals surface area contributed by atoms with E-state index >= 15 is 0 Å². The van der Waals surface area contributed by atoms with Crippen LogP contribution in [0.5, 0.6) is 5.75 Å². The lowest BCUT2D eigenvalue weighted by atomic mass is 10.0. The first kappa shape index (κ1) is 22.8. The van der Waals surface area contributed by atoms with Crippen molar-refractivity contribution in [3.05, 3.63) is 65.2 Å². The summed E-state index contributed by atoms with van der Waals surface area (Å²) in [6.45, 7) is 1.39. The molecule has 2 unspecified atom stereocenters. The Morgan fingerprint density at radius 1 is 1.12 bits per heavy atom. The average molecular weight is 451 g/mol. The smallest absolute Gasteiger partial charge is 0.304 e. The average Bonchev–Trinajstić information content (AvgIpc) is 3.72. The van der Waals surface area contributed by atoms with Crippen molar-refractivity contribution < 1.29 is 23.9 Å². The topological polar surface area (TPSA) is 77.4 Å². The Kier molecular flexibility index (Phi) is 6.96. The summed E-state index contributed by atoms with van der Waals surface area (Å²) in [5.41, 5.74) is 2.87. The van der Waals surface area contributed by atoms with Crippen LogP contribution in [0.2, 0.25) is 0 Å². The molecule has 2 saturated carbocycles. The highest BCUT2D eigenvalue weighted by Gasteiger charge is 2.47. The van der Waals surface area contributed by atoms with Gasteiger partial charge in [-0.3, -0.25) is 9.59 Å². The molecule has 2 aliphatic carbocycles. The van der Waals surface area contributed by atoms with Gasteiger partial charge in [0, 0.05) is 19.5 Å². The van der Waals surface area contributed by atoms with E-state index in [1.807, 2.05) is 30.3 Å². The minimum atomic E-state index is -0.467. The Hall–Kier alpha value is -3.35. The Labute approximate surface area is 194 Å². The molecular formula is C26H30N2O5. The molecule has 2 atom stereocenters. The van der Waals surface area contributed by atoms with Gasteiger partial charge in [-0.15, -0.1) is 0 Å². The molecule has 0 bridgehead atoms. The zero-order chi connectivity index (χ0) is 23.4. The fourth-order valence-corrected chi connectivity index (χ4v) is 4.24. The van der Waals surface area contributed by atoms with E-state index in [0.717, 1.165) is 23.1 Å². The Morgan fingerprint density at radius 3 is 2.64 bits per heavy atom. The lowest BCUT2D eigenvalue weighted by molar-refractivity contribution is -0.147. The molecule has 0 aliphatic heterocycles. The summed E-state index contributed by atoms with van der Waals surface area (Å²) in [5.74, 6) is 2.37. The third-order valence-electron chi connectivity index (χ3n) is 6.21. The maximum Gasteiger partial charge on any atom is 0.304 e. The van der Waals surface area contributed by atoms with Gasteiger partial charge in [0.2, 0.25) is 0 Å². The first-order valence-electron chi connectivity index (χ1n) is 11.3. The largest absolute Gasteiger partial charge is 0.489 e. The van der Waals surface area contributed by atoms with Crippen molar-refractivity contribution in [2.24, 2.45) is 17.0 Å². The predicted octanol–water partition coefficient (Wildman–Crippen LogP) is 4.11. The molecule has 33 heavy (non-hydrogen) atoms. The molecule has 0 N–H and O–H groups in total. The van der Waals surface area contributed by atoms with Crippen molar-refractivity contribution in [1.82, 2.24) is 4.90 Å². The van der Waals surface area contributed by atoms with Gasteiger partial charge in [-0.05, 0) is 60.3 Å². The van der Waals surface area contributed by atoms with Crippen LogP contribution in [0.15, 0.2) is 53.7 Å². The number of ether oxygens (including phenoxy) is 2. The van der Waals surface area contributed by atoms with Crippen molar-refractivity contribution in [3.8, 4) is 5.75 Å². The van der Waals surface area contributed by atoms with Gasteiger partial charge in [0.05, 0.1) is 0 Å². The third-order valence-corrected chi connectivity index (χ3v) is 6.21. The fraction of sp³-hybridized carbons (Fsp3) is 0.423. The second kappa shape index (κ2) is 10.1. The Morgan fingerprint density at radius 2 is 1.91 bits per heavy atom. The molecule has 0 heterocycles. The minimum absolute atomic E-state index is 0.116. The highest BCUT2D eigenvalue weighted by Crippen LogP contribution is 2.59. The number of nitrogens with zero attached hydrogens (tertiary/aromatic N) is 2. The van der Waals surface area contributed by atoms with Crippen LogP contribution < -0.4 is 4.74 Å². The maximum atomic E-state index is 13.0. The number of carbonyl (C=O) groups is 2. The van der Waals surface area contributed by atoms with Gasteiger partial charge in [0.15, 0.2) is 12.4 Å². The molecule has 0 saturated heterocycles. The molecule has 0 radical (unpaired) electrons. The number of oxime groups is 1. The van der Waals surface area contributed by atoms with E-state index in [9.17, 15) is 9.59 Å². The van der Waals surface area contributed by atoms with E-state index in [1.54, 1.807) is 6.07 Å². The zero-order valence-electron chi connectivity index (χ0n) is 19.3. The lowest BCUT2D eigenvalue weighted by Gasteiger charge is -2.19. The molecule has 4 rings (SSSR count). The Bertz CT molecular complexity index is 1050. The van der Waals surface area contributed by atoms with Crippen molar-refractivity contribution >= 4 is 17.6 Å². The van der Waals surface area contributed by atoms with Gasteiger partial charge in [-0.2, -0.15) is 0 Å². The van der Waals surface area contributed by atoms with Crippen LogP contribution in [-0.4, -0.2) is 43.4 Å².